The van der Waals surface area contributed by atoms with Gasteiger partial charge in [0, 0.05) is 6.54 Å². The number of halogens is 4. The quantitative estimate of drug-likeness (QED) is 0.851. The second-order valence-electron chi connectivity index (χ2n) is 4.68. The molecule has 0 aromatic heterocycles. The third-order valence-electron chi connectivity index (χ3n) is 3.18. The number of rotatable bonds is 4. The number of benzene rings is 2. The first-order valence-corrected chi connectivity index (χ1v) is 6.53. The summed E-state index contributed by atoms with van der Waals surface area (Å²) in [5.74, 6) is -0.565. The van der Waals surface area contributed by atoms with Gasteiger partial charge in [0.05, 0.1) is 30.0 Å². The van der Waals surface area contributed by atoms with Crippen LogP contribution in [0.4, 0.5) is 23.2 Å². The fourth-order valence-electron chi connectivity index (χ4n) is 2.07. The number of hydrogen-bond acceptors (Lipinski definition) is 3. The molecule has 0 aliphatic heterocycles. The van der Waals surface area contributed by atoms with Crippen LogP contribution in [-0.4, -0.2) is 7.11 Å². The maximum absolute atomic E-state index is 13.1. The first-order valence-electron chi connectivity index (χ1n) is 6.53. The van der Waals surface area contributed by atoms with Crippen molar-refractivity contribution in [1.82, 2.24) is 0 Å². The van der Waals surface area contributed by atoms with Gasteiger partial charge in [-0.15, -0.1) is 0 Å². The highest BCUT2D eigenvalue weighted by molar-refractivity contribution is 5.60. The zero-order chi connectivity index (χ0) is 17.0. The molecule has 2 aromatic carbocycles. The molecule has 7 heteroatoms. The molecule has 0 fully saturated rings. The number of alkyl halides is 3. The summed E-state index contributed by atoms with van der Waals surface area (Å²) in [5, 5.41) is 11.7. The van der Waals surface area contributed by atoms with Crippen molar-refractivity contribution >= 4 is 5.69 Å². The summed E-state index contributed by atoms with van der Waals surface area (Å²) in [6, 6.07) is 8.97. The van der Waals surface area contributed by atoms with E-state index in [0.717, 1.165) is 12.1 Å². The summed E-state index contributed by atoms with van der Waals surface area (Å²) >= 11 is 0. The molecule has 0 aliphatic carbocycles. The Morgan fingerprint density at radius 3 is 2.52 bits per heavy atom. The van der Waals surface area contributed by atoms with Gasteiger partial charge in [-0.3, -0.25) is 0 Å². The van der Waals surface area contributed by atoms with Gasteiger partial charge in [-0.25, -0.2) is 4.39 Å². The fraction of sp³-hybridized carbons (Fsp3) is 0.188. The van der Waals surface area contributed by atoms with Gasteiger partial charge in [0.25, 0.3) is 0 Å². The Balaban J connectivity index is 2.30. The van der Waals surface area contributed by atoms with Crippen LogP contribution >= 0.6 is 0 Å². The Labute approximate surface area is 130 Å². The van der Waals surface area contributed by atoms with Crippen molar-refractivity contribution in [3.63, 3.8) is 0 Å². The smallest absolute Gasteiger partial charge is 0.416 e. The minimum Gasteiger partial charge on any atom is -0.495 e. The molecular formula is C16H12F4N2O. The van der Waals surface area contributed by atoms with Crippen LogP contribution in [0.2, 0.25) is 0 Å². The summed E-state index contributed by atoms with van der Waals surface area (Å²) < 4.78 is 57.0. The van der Waals surface area contributed by atoms with Gasteiger partial charge in [0.15, 0.2) is 0 Å². The maximum atomic E-state index is 13.1. The van der Waals surface area contributed by atoms with Crippen LogP contribution in [0.3, 0.4) is 0 Å². The molecule has 120 valence electrons. The average Bonchev–Trinajstić information content (AvgIpc) is 2.52. The van der Waals surface area contributed by atoms with Gasteiger partial charge in [-0.1, -0.05) is 6.07 Å². The molecule has 1 N–H and O–H groups in total. The highest BCUT2D eigenvalue weighted by atomic mass is 19.4. The highest BCUT2D eigenvalue weighted by Gasteiger charge is 2.33. The Kier molecular flexibility index (Phi) is 4.74. The molecule has 23 heavy (non-hydrogen) atoms. The van der Waals surface area contributed by atoms with E-state index in [-0.39, 0.29) is 12.1 Å². The van der Waals surface area contributed by atoms with Crippen LogP contribution < -0.4 is 10.1 Å². The first kappa shape index (κ1) is 16.6. The van der Waals surface area contributed by atoms with E-state index >= 15 is 0 Å². The van der Waals surface area contributed by atoms with Crippen molar-refractivity contribution in [2.24, 2.45) is 0 Å². The van der Waals surface area contributed by atoms with Crippen molar-refractivity contribution in [2.75, 3.05) is 12.4 Å². The largest absolute Gasteiger partial charge is 0.495 e. The Hall–Kier alpha value is -2.75. The van der Waals surface area contributed by atoms with Crippen LogP contribution in [0.25, 0.3) is 0 Å². The third kappa shape index (κ3) is 3.92. The van der Waals surface area contributed by atoms with Crippen molar-refractivity contribution in [3.8, 4) is 11.8 Å². The number of anilines is 1. The monoisotopic (exact) mass is 324 g/mol. The third-order valence-corrected chi connectivity index (χ3v) is 3.18. The van der Waals surface area contributed by atoms with E-state index in [0.29, 0.717) is 23.1 Å². The minimum absolute atomic E-state index is 0.108. The number of methoxy groups -OCH3 is 1. The maximum Gasteiger partial charge on any atom is 0.416 e. The number of nitrogens with zero attached hydrogens (tertiary/aromatic N) is 1. The summed E-state index contributed by atoms with van der Waals surface area (Å²) in [5.41, 5.74) is -0.434. The molecule has 2 rings (SSSR count). The Bertz CT molecular complexity index is 751. The predicted molar refractivity (Wildman–Crippen MR) is 76.4 cm³/mol. The number of nitrogens with one attached hydrogen (secondary N) is 1. The molecule has 0 amide bonds. The van der Waals surface area contributed by atoms with Gasteiger partial charge in [0.2, 0.25) is 0 Å². The molecular weight excluding hydrogens is 312 g/mol. The van der Waals surface area contributed by atoms with Crippen LogP contribution in [0, 0.1) is 17.1 Å². The fourth-order valence-corrected chi connectivity index (χ4v) is 2.07. The second-order valence-corrected chi connectivity index (χ2v) is 4.68. The van der Waals surface area contributed by atoms with E-state index in [1.54, 1.807) is 0 Å². The lowest BCUT2D eigenvalue weighted by Gasteiger charge is -2.15. The van der Waals surface area contributed by atoms with Gasteiger partial charge in [-0.2, -0.15) is 18.4 Å². The number of nitriles is 1. The summed E-state index contributed by atoms with van der Waals surface area (Å²) in [4.78, 5) is 0. The highest BCUT2D eigenvalue weighted by Crippen LogP contribution is 2.33. The van der Waals surface area contributed by atoms with Crippen molar-refractivity contribution < 1.29 is 22.3 Å². The minimum atomic E-state index is -4.66. The molecule has 0 radical (unpaired) electrons. The molecule has 2 aromatic rings. The molecule has 0 bridgehead atoms. The predicted octanol–water partition coefficient (Wildman–Crippen LogP) is 4.34. The van der Waals surface area contributed by atoms with Gasteiger partial charge < -0.3 is 10.1 Å². The van der Waals surface area contributed by atoms with Gasteiger partial charge >= 0.3 is 6.18 Å². The molecule has 0 heterocycles. The number of hydrogen-bond donors (Lipinski definition) is 1. The second kappa shape index (κ2) is 6.57. The Morgan fingerprint density at radius 2 is 1.91 bits per heavy atom. The molecule has 3 nitrogen and oxygen atoms in total. The Morgan fingerprint density at radius 1 is 1.17 bits per heavy atom. The molecule has 0 spiro atoms. The lowest BCUT2D eigenvalue weighted by molar-refractivity contribution is -0.138. The van der Waals surface area contributed by atoms with E-state index in [9.17, 15) is 17.6 Å². The van der Waals surface area contributed by atoms with Crippen LogP contribution in [0.1, 0.15) is 16.7 Å². The topological polar surface area (TPSA) is 45.0 Å². The van der Waals surface area contributed by atoms with E-state index in [4.69, 9.17) is 10.00 Å². The summed E-state index contributed by atoms with van der Waals surface area (Å²) in [6.45, 7) is -0.194. The summed E-state index contributed by atoms with van der Waals surface area (Å²) in [6.07, 6.45) is -4.66. The average molecular weight is 324 g/mol. The van der Waals surface area contributed by atoms with E-state index < -0.39 is 17.6 Å². The normalized spacial score (nSPS) is 11.0. The van der Waals surface area contributed by atoms with E-state index in [1.807, 2.05) is 6.07 Å². The molecule has 0 aliphatic rings. The first-order chi connectivity index (χ1) is 10.8. The standard InChI is InChI=1S/C16H12F4N2O/c1-23-15-5-2-10(8-21)6-14(15)22-9-11-3-4-12(17)7-13(11)16(18,19)20/h2-7,22H,9H2,1H3. The zero-order valence-corrected chi connectivity index (χ0v) is 12.0. The van der Waals surface area contributed by atoms with Gasteiger partial charge in [-0.05, 0) is 35.9 Å². The van der Waals surface area contributed by atoms with Crippen molar-refractivity contribution in [1.29, 1.82) is 5.26 Å². The lowest BCUT2D eigenvalue weighted by Crippen LogP contribution is -2.12. The van der Waals surface area contributed by atoms with E-state index in [2.05, 4.69) is 5.32 Å². The van der Waals surface area contributed by atoms with E-state index in [1.165, 1.54) is 25.3 Å². The lowest BCUT2D eigenvalue weighted by atomic mass is 10.1. The van der Waals surface area contributed by atoms with Crippen molar-refractivity contribution in [2.45, 2.75) is 12.7 Å². The molecule has 0 saturated carbocycles. The van der Waals surface area contributed by atoms with Crippen molar-refractivity contribution in [3.05, 3.63) is 58.9 Å². The van der Waals surface area contributed by atoms with Gasteiger partial charge in [0.1, 0.15) is 11.6 Å². The summed E-state index contributed by atoms with van der Waals surface area (Å²) in [7, 11) is 1.41. The number of ether oxygens (including phenoxy) is 1. The van der Waals surface area contributed by atoms with Crippen LogP contribution in [0.15, 0.2) is 36.4 Å². The SMILES string of the molecule is COc1ccc(C#N)cc1NCc1ccc(F)cc1C(F)(F)F. The van der Waals surface area contributed by atoms with Crippen LogP contribution in [0.5, 0.6) is 5.75 Å². The molecule has 0 saturated heterocycles. The zero-order valence-electron chi connectivity index (χ0n) is 12.0. The van der Waals surface area contributed by atoms with Crippen LogP contribution in [-0.2, 0) is 12.7 Å². The molecule has 0 unspecified atom stereocenters. The molecule has 0 atom stereocenters.